The number of aromatic nitrogens is 1. The monoisotopic (exact) mass is 617 g/mol. The number of primary amides is 1. The number of rotatable bonds is 19. The molecule has 240 valence electrons. The maximum Gasteiger partial charge on any atom is 0.326 e. The number of H-pyrrole nitrogens is 1. The van der Waals surface area contributed by atoms with Gasteiger partial charge >= 0.3 is 11.9 Å². The highest BCUT2D eigenvalue weighted by Gasteiger charge is 2.31. The average molecular weight is 618 g/mol. The zero-order valence-electron chi connectivity index (χ0n) is 24.0. The number of hydrogen-bond acceptors (Lipinski definition) is 8. The van der Waals surface area contributed by atoms with Crippen LogP contribution in [0.15, 0.2) is 35.5 Å². The number of fused-ring (bicyclic) bond motifs is 1. The molecule has 1 aromatic heterocycles. The van der Waals surface area contributed by atoms with Gasteiger partial charge in [0.25, 0.3) is 0 Å². The van der Waals surface area contributed by atoms with Crippen LogP contribution in [-0.4, -0.2) is 87.4 Å². The number of carbonyl (C=O) groups is 6. The van der Waals surface area contributed by atoms with E-state index in [1.165, 1.54) is 0 Å². The van der Waals surface area contributed by atoms with E-state index in [0.29, 0.717) is 0 Å². The highest BCUT2D eigenvalue weighted by Crippen LogP contribution is 2.19. The van der Waals surface area contributed by atoms with Crippen LogP contribution in [0.1, 0.15) is 44.1 Å². The highest BCUT2D eigenvalue weighted by molar-refractivity contribution is 5.94. The Labute approximate surface area is 252 Å². The normalized spacial score (nSPS) is 13.6. The van der Waals surface area contributed by atoms with Gasteiger partial charge in [0, 0.05) is 36.5 Å². The molecule has 1 aromatic carbocycles. The van der Waals surface area contributed by atoms with Crippen molar-refractivity contribution in [1.82, 2.24) is 20.9 Å². The summed E-state index contributed by atoms with van der Waals surface area (Å²) in [6.45, 7) is 0.118. The Kier molecular flexibility index (Phi) is 13.6. The van der Waals surface area contributed by atoms with E-state index in [0.717, 1.165) is 16.5 Å². The Bertz CT molecular complexity index is 1370. The molecule has 0 fully saturated rings. The summed E-state index contributed by atoms with van der Waals surface area (Å²) in [5, 5.41) is 26.6. The van der Waals surface area contributed by atoms with Gasteiger partial charge in [-0.3, -0.25) is 29.0 Å². The smallest absolute Gasteiger partial charge is 0.326 e. The predicted molar refractivity (Wildman–Crippen MR) is 159 cm³/mol. The average Bonchev–Trinajstić information content (AvgIpc) is 3.36. The molecule has 1 heterocycles. The first kappa shape index (κ1) is 35.0. The van der Waals surface area contributed by atoms with Gasteiger partial charge in [-0.05, 0) is 43.7 Å². The zero-order chi connectivity index (χ0) is 32.8. The third-order valence-corrected chi connectivity index (χ3v) is 6.60. The molecule has 4 unspecified atom stereocenters. The van der Waals surface area contributed by atoms with Gasteiger partial charge in [-0.15, -0.1) is 0 Å². The molecular formula is C27H39N9O8. The first-order valence-corrected chi connectivity index (χ1v) is 13.8. The number of hydrogen-bond donors (Lipinski definition) is 10. The summed E-state index contributed by atoms with van der Waals surface area (Å²) in [6.07, 6.45) is 0.504. The molecular weight excluding hydrogens is 578 g/mol. The summed E-state index contributed by atoms with van der Waals surface area (Å²) in [5.74, 6) is -6.21. The van der Waals surface area contributed by atoms with Crippen LogP contribution in [0, 0.1) is 0 Å². The van der Waals surface area contributed by atoms with E-state index >= 15 is 0 Å². The molecule has 0 saturated carbocycles. The summed E-state index contributed by atoms with van der Waals surface area (Å²) in [6, 6.07) is 2.11. The van der Waals surface area contributed by atoms with Crippen LogP contribution < -0.4 is 38.9 Å². The van der Waals surface area contributed by atoms with Crippen molar-refractivity contribution in [3.8, 4) is 0 Å². The third-order valence-electron chi connectivity index (χ3n) is 6.60. The highest BCUT2D eigenvalue weighted by atomic mass is 16.4. The molecule has 17 heteroatoms. The number of para-hydroxylation sites is 1. The van der Waals surface area contributed by atoms with Crippen LogP contribution in [0.5, 0.6) is 0 Å². The van der Waals surface area contributed by atoms with E-state index in [-0.39, 0.29) is 44.6 Å². The quantitative estimate of drug-likeness (QED) is 0.0456. The molecule has 44 heavy (non-hydrogen) atoms. The molecule has 0 spiro atoms. The number of benzene rings is 1. The molecule has 14 N–H and O–H groups in total. The number of aromatic amines is 1. The number of nitrogens with two attached hydrogens (primary N) is 4. The van der Waals surface area contributed by atoms with Gasteiger partial charge < -0.3 is 54.1 Å². The number of carboxylic acids is 2. The minimum atomic E-state index is -1.53. The maximum absolute atomic E-state index is 13.4. The molecule has 4 atom stereocenters. The van der Waals surface area contributed by atoms with Crippen molar-refractivity contribution in [2.45, 2.75) is 69.1 Å². The molecule has 2 aromatic rings. The summed E-state index contributed by atoms with van der Waals surface area (Å²) in [7, 11) is 0. The van der Waals surface area contributed by atoms with Crippen LogP contribution in [-0.2, 0) is 35.2 Å². The lowest BCUT2D eigenvalue weighted by atomic mass is 10.0. The Morgan fingerprint density at radius 3 is 2.02 bits per heavy atom. The fourth-order valence-electron chi connectivity index (χ4n) is 4.31. The number of nitrogens with zero attached hydrogens (tertiary/aromatic N) is 1. The Balaban J connectivity index is 2.20. The number of carboxylic acid groups (broad SMARTS) is 2. The van der Waals surface area contributed by atoms with Crippen molar-refractivity contribution < 1.29 is 39.0 Å². The third kappa shape index (κ3) is 11.6. The molecule has 0 radical (unpaired) electrons. The van der Waals surface area contributed by atoms with Crippen molar-refractivity contribution in [3.63, 3.8) is 0 Å². The fourth-order valence-corrected chi connectivity index (χ4v) is 4.31. The molecule has 17 nitrogen and oxygen atoms in total. The van der Waals surface area contributed by atoms with E-state index in [1.54, 1.807) is 6.20 Å². The number of aliphatic imine (C=N–C) groups is 1. The number of nitrogens with one attached hydrogen (secondary N) is 4. The first-order chi connectivity index (χ1) is 20.8. The minimum absolute atomic E-state index is 0.0117. The van der Waals surface area contributed by atoms with Gasteiger partial charge in [-0.2, -0.15) is 0 Å². The van der Waals surface area contributed by atoms with E-state index in [1.807, 2.05) is 24.3 Å². The van der Waals surface area contributed by atoms with Crippen LogP contribution in [0.25, 0.3) is 10.9 Å². The Morgan fingerprint density at radius 1 is 0.818 bits per heavy atom. The number of carbonyl (C=O) groups excluding carboxylic acids is 4. The van der Waals surface area contributed by atoms with E-state index in [2.05, 4.69) is 25.9 Å². The van der Waals surface area contributed by atoms with Crippen LogP contribution >= 0.6 is 0 Å². The second-order valence-corrected chi connectivity index (χ2v) is 10.1. The Morgan fingerprint density at radius 2 is 1.41 bits per heavy atom. The van der Waals surface area contributed by atoms with Crippen molar-refractivity contribution in [1.29, 1.82) is 0 Å². The maximum atomic E-state index is 13.4. The zero-order valence-corrected chi connectivity index (χ0v) is 24.0. The molecule has 0 saturated heterocycles. The van der Waals surface area contributed by atoms with Gasteiger partial charge in [-0.1, -0.05) is 18.2 Å². The molecule has 0 aliphatic rings. The lowest BCUT2D eigenvalue weighted by Crippen LogP contribution is -2.57. The van der Waals surface area contributed by atoms with E-state index in [4.69, 9.17) is 28.0 Å². The summed E-state index contributed by atoms with van der Waals surface area (Å²) in [5.41, 5.74) is 23.6. The summed E-state index contributed by atoms with van der Waals surface area (Å²) < 4.78 is 0. The minimum Gasteiger partial charge on any atom is -0.481 e. The number of aliphatic carboxylic acids is 2. The van der Waals surface area contributed by atoms with Crippen LogP contribution in [0.3, 0.4) is 0 Å². The standard InChI is InChI=1S/C27H39N9O8/c28-16(12-14-13-33-17-5-2-1-4-15(14)17)23(40)34-18(6-3-11-32-27(30)31)24(41)35-19(8-10-22(38)39)25(42)36-20(26(43)44)7-9-21(29)37/h1-2,4-5,13,16,18-20,33H,3,6-12,28H2,(H2,29,37)(H,34,40)(H,35,41)(H,36,42)(H,38,39)(H,43,44)(H4,30,31,32). The van der Waals surface area contributed by atoms with Crippen LogP contribution in [0.2, 0.25) is 0 Å². The lowest BCUT2D eigenvalue weighted by molar-refractivity contribution is -0.143. The fraction of sp³-hybridized carbons (Fsp3) is 0.444. The van der Waals surface area contributed by atoms with E-state index < -0.39 is 72.6 Å². The summed E-state index contributed by atoms with van der Waals surface area (Å²) >= 11 is 0. The molecule has 4 amide bonds. The van der Waals surface area contributed by atoms with E-state index in [9.17, 15) is 33.9 Å². The van der Waals surface area contributed by atoms with Crippen molar-refractivity contribution in [2.24, 2.45) is 27.9 Å². The van der Waals surface area contributed by atoms with Gasteiger partial charge in [0.15, 0.2) is 5.96 Å². The second kappa shape index (κ2) is 17.1. The van der Waals surface area contributed by atoms with Gasteiger partial charge in [0.2, 0.25) is 23.6 Å². The molecule has 0 aliphatic carbocycles. The van der Waals surface area contributed by atoms with Crippen molar-refractivity contribution >= 4 is 52.4 Å². The SMILES string of the molecule is NC(=O)CCC(NC(=O)C(CCC(=O)O)NC(=O)C(CCCN=C(N)N)NC(=O)C(N)Cc1c[nH]c2ccccc12)C(=O)O. The van der Waals surface area contributed by atoms with Crippen molar-refractivity contribution in [3.05, 3.63) is 36.0 Å². The number of guanidine groups is 1. The molecule has 0 aliphatic heterocycles. The van der Waals surface area contributed by atoms with Gasteiger partial charge in [-0.25, -0.2) is 4.79 Å². The number of amides is 4. The Hall–Kier alpha value is -5.19. The predicted octanol–water partition coefficient (Wildman–Crippen LogP) is -2.24. The topological polar surface area (TPSA) is 311 Å². The summed E-state index contributed by atoms with van der Waals surface area (Å²) in [4.78, 5) is 80.3. The largest absolute Gasteiger partial charge is 0.481 e. The van der Waals surface area contributed by atoms with Gasteiger partial charge in [0.1, 0.15) is 18.1 Å². The van der Waals surface area contributed by atoms with Crippen molar-refractivity contribution in [2.75, 3.05) is 6.54 Å². The first-order valence-electron chi connectivity index (χ1n) is 13.8. The van der Waals surface area contributed by atoms with Crippen LogP contribution in [0.4, 0.5) is 0 Å². The molecule has 0 bridgehead atoms. The second-order valence-electron chi connectivity index (χ2n) is 10.1. The molecule has 2 rings (SSSR count). The van der Waals surface area contributed by atoms with Gasteiger partial charge in [0.05, 0.1) is 6.04 Å². The lowest BCUT2D eigenvalue weighted by Gasteiger charge is -2.25.